The average molecular weight is 344 g/mol. The molecule has 5 heteroatoms. The Balaban J connectivity index is 1.58. The summed E-state index contributed by atoms with van der Waals surface area (Å²) in [6, 6.07) is 11.2. The number of nitrogens with zero attached hydrogens (tertiary/aromatic N) is 2. The second kappa shape index (κ2) is 7.67. The Morgan fingerprint density at radius 2 is 2.08 bits per heavy atom. The van der Waals surface area contributed by atoms with Crippen molar-refractivity contribution in [1.29, 1.82) is 0 Å². The Hall–Kier alpha value is -2.07. The van der Waals surface area contributed by atoms with Crippen molar-refractivity contribution < 1.29 is 4.79 Å². The SMILES string of the molecule is CC1CCCN(c2ccc(C(=O)NCc3ccc(Cl)cc3)nc2)C1. The molecule has 1 aromatic heterocycles. The summed E-state index contributed by atoms with van der Waals surface area (Å²) in [7, 11) is 0. The van der Waals surface area contributed by atoms with Crippen LogP contribution in [0.5, 0.6) is 0 Å². The monoisotopic (exact) mass is 343 g/mol. The zero-order chi connectivity index (χ0) is 16.9. The van der Waals surface area contributed by atoms with Crippen LogP contribution in [0.1, 0.15) is 35.8 Å². The molecule has 4 nitrogen and oxygen atoms in total. The number of nitrogens with one attached hydrogen (secondary N) is 1. The van der Waals surface area contributed by atoms with E-state index in [2.05, 4.69) is 22.1 Å². The molecule has 1 N–H and O–H groups in total. The second-order valence-electron chi connectivity index (χ2n) is 6.40. The van der Waals surface area contributed by atoms with Gasteiger partial charge in [0.25, 0.3) is 5.91 Å². The van der Waals surface area contributed by atoms with Gasteiger partial charge in [-0.05, 0) is 48.6 Å². The summed E-state index contributed by atoms with van der Waals surface area (Å²) >= 11 is 5.86. The highest BCUT2D eigenvalue weighted by molar-refractivity contribution is 6.30. The maximum atomic E-state index is 12.2. The van der Waals surface area contributed by atoms with Crippen LogP contribution in [-0.4, -0.2) is 24.0 Å². The number of anilines is 1. The lowest BCUT2D eigenvalue weighted by Crippen LogP contribution is -2.34. The number of hydrogen-bond acceptors (Lipinski definition) is 3. The number of hydrogen-bond donors (Lipinski definition) is 1. The number of benzene rings is 1. The van der Waals surface area contributed by atoms with Crippen molar-refractivity contribution in [3.05, 3.63) is 58.9 Å². The Morgan fingerprint density at radius 1 is 1.29 bits per heavy atom. The van der Waals surface area contributed by atoms with Crippen LogP contribution < -0.4 is 10.2 Å². The molecule has 2 heterocycles. The van der Waals surface area contributed by atoms with Gasteiger partial charge in [-0.1, -0.05) is 30.7 Å². The number of carbonyl (C=O) groups is 1. The van der Waals surface area contributed by atoms with Crippen LogP contribution in [-0.2, 0) is 6.54 Å². The van der Waals surface area contributed by atoms with Crippen LogP contribution in [0.15, 0.2) is 42.6 Å². The van der Waals surface area contributed by atoms with Crippen molar-refractivity contribution in [3.63, 3.8) is 0 Å². The molecule has 126 valence electrons. The topological polar surface area (TPSA) is 45.2 Å². The van der Waals surface area contributed by atoms with E-state index in [9.17, 15) is 4.79 Å². The zero-order valence-electron chi connectivity index (χ0n) is 13.8. The van der Waals surface area contributed by atoms with Crippen LogP contribution in [0, 0.1) is 5.92 Å². The average Bonchev–Trinajstić information content (AvgIpc) is 2.61. The number of carbonyl (C=O) groups excluding carboxylic acids is 1. The molecule has 1 unspecified atom stereocenters. The van der Waals surface area contributed by atoms with Gasteiger partial charge in [-0.2, -0.15) is 0 Å². The van der Waals surface area contributed by atoms with Crippen molar-refractivity contribution in [1.82, 2.24) is 10.3 Å². The third kappa shape index (κ3) is 4.26. The van der Waals surface area contributed by atoms with Crippen molar-refractivity contribution in [2.45, 2.75) is 26.3 Å². The van der Waals surface area contributed by atoms with E-state index in [0.717, 1.165) is 24.3 Å². The van der Waals surface area contributed by atoms with E-state index in [1.807, 2.05) is 30.3 Å². The van der Waals surface area contributed by atoms with Gasteiger partial charge >= 0.3 is 0 Å². The number of aromatic nitrogens is 1. The van der Waals surface area contributed by atoms with Gasteiger partial charge < -0.3 is 10.2 Å². The first-order valence-corrected chi connectivity index (χ1v) is 8.73. The molecule has 2 aromatic rings. The van der Waals surface area contributed by atoms with Gasteiger partial charge in [0, 0.05) is 24.7 Å². The molecule has 1 fully saturated rings. The molecule has 3 rings (SSSR count). The smallest absolute Gasteiger partial charge is 0.270 e. The third-order valence-electron chi connectivity index (χ3n) is 4.37. The van der Waals surface area contributed by atoms with Gasteiger partial charge in [0.15, 0.2) is 0 Å². The number of amides is 1. The summed E-state index contributed by atoms with van der Waals surface area (Å²) in [6.45, 7) is 4.86. The lowest BCUT2D eigenvalue weighted by Gasteiger charge is -2.32. The lowest BCUT2D eigenvalue weighted by atomic mass is 10.00. The molecular weight excluding hydrogens is 322 g/mol. The predicted molar refractivity (Wildman–Crippen MR) is 97.5 cm³/mol. The summed E-state index contributed by atoms with van der Waals surface area (Å²) in [5, 5.41) is 3.57. The fourth-order valence-corrected chi connectivity index (χ4v) is 3.13. The van der Waals surface area contributed by atoms with E-state index < -0.39 is 0 Å². The molecule has 0 saturated carbocycles. The van der Waals surface area contributed by atoms with Crippen LogP contribution in [0.2, 0.25) is 5.02 Å². The molecule has 0 radical (unpaired) electrons. The zero-order valence-corrected chi connectivity index (χ0v) is 14.6. The minimum Gasteiger partial charge on any atom is -0.370 e. The van der Waals surface area contributed by atoms with Crippen molar-refractivity contribution in [3.8, 4) is 0 Å². The maximum absolute atomic E-state index is 12.2. The van der Waals surface area contributed by atoms with Crippen LogP contribution in [0.25, 0.3) is 0 Å². The third-order valence-corrected chi connectivity index (χ3v) is 4.62. The first-order chi connectivity index (χ1) is 11.6. The number of pyridine rings is 1. The Bertz CT molecular complexity index is 685. The number of rotatable bonds is 4. The first kappa shape index (κ1) is 16.8. The quantitative estimate of drug-likeness (QED) is 0.915. The van der Waals surface area contributed by atoms with Gasteiger partial charge in [0.05, 0.1) is 11.9 Å². The maximum Gasteiger partial charge on any atom is 0.270 e. The van der Waals surface area contributed by atoms with E-state index in [0.29, 0.717) is 23.2 Å². The highest BCUT2D eigenvalue weighted by Gasteiger charge is 2.17. The molecule has 1 saturated heterocycles. The van der Waals surface area contributed by atoms with E-state index >= 15 is 0 Å². The van der Waals surface area contributed by atoms with E-state index in [1.54, 1.807) is 12.3 Å². The lowest BCUT2D eigenvalue weighted by molar-refractivity contribution is 0.0946. The van der Waals surface area contributed by atoms with Gasteiger partial charge in [-0.15, -0.1) is 0 Å². The first-order valence-electron chi connectivity index (χ1n) is 8.35. The standard InChI is InChI=1S/C19H22ClN3O/c1-14-3-2-10-23(13-14)17-8-9-18(21-12-17)19(24)22-11-15-4-6-16(20)7-5-15/h4-9,12,14H,2-3,10-11,13H2,1H3,(H,22,24). The van der Waals surface area contributed by atoms with Crippen LogP contribution in [0.4, 0.5) is 5.69 Å². The van der Waals surface area contributed by atoms with Crippen LogP contribution in [0.3, 0.4) is 0 Å². The minimum atomic E-state index is -0.163. The molecule has 24 heavy (non-hydrogen) atoms. The van der Waals surface area contributed by atoms with E-state index in [-0.39, 0.29) is 5.91 Å². The van der Waals surface area contributed by atoms with Gasteiger partial charge in [0.1, 0.15) is 5.69 Å². The van der Waals surface area contributed by atoms with Gasteiger partial charge in [-0.25, -0.2) is 4.98 Å². The fourth-order valence-electron chi connectivity index (χ4n) is 3.01. The number of halogens is 1. The summed E-state index contributed by atoms with van der Waals surface area (Å²) < 4.78 is 0. The Kier molecular flexibility index (Phi) is 5.36. The van der Waals surface area contributed by atoms with Gasteiger partial charge in [0.2, 0.25) is 0 Å². The molecule has 0 bridgehead atoms. The molecular formula is C19H22ClN3O. The molecule has 1 aliphatic heterocycles. The van der Waals surface area contributed by atoms with E-state index in [1.165, 1.54) is 12.8 Å². The van der Waals surface area contributed by atoms with E-state index in [4.69, 9.17) is 11.6 Å². The summed E-state index contributed by atoms with van der Waals surface area (Å²) in [6.07, 6.45) is 4.30. The molecule has 1 atom stereocenters. The largest absolute Gasteiger partial charge is 0.370 e. The molecule has 1 amide bonds. The Morgan fingerprint density at radius 3 is 2.75 bits per heavy atom. The van der Waals surface area contributed by atoms with Gasteiger partial charge in [-0.3, -0.25) is 4.79 Å². The highest BCUT2D eigenvalue weighted by Crippen LogP contribution is 2.22. The van der Waals surface area contributed by atoms with Crippen molar-refractivity contribution >= 4 is 23.2 Å². The molecule has 1 aliphatic rings. The molecule has 1 aromatic carbocycles. The van der Waals surface area contributed by atoms with Crippen molar-refractivity contribution in [2.24, 2.45) is 5.92 Å². The summed E-state index contributed by atoms with van der Waals surface area (Å²) in [4.78, 5) is 18.9. The van der Waals surface area contributed by atoms with Crippen molar-refractivity contribution in [2.75, 3.05) is 18.0 Å². The molecule has 0 aliphatic carbocycles. The summed E-state index contributed by atoms with van der Waals surface area (Å²) in [5.41, 5.74) is 2.54. The second-order valence-corrected chi connectivity index (χ2v) is 6.84. The normalized spacial score (nSPS) is 17.6. The summed E-state index contributed by atoms with van der Waals surface area (Å²) in [5.74, 6) is 0.546. The predicted octanol–water partition coefficient (Wildman–Crippen LogP) is 3.90. The molecule has 0 spiro atoms. The van der Waals surface area contributed by atoms with Crippen LogP contribution >= 0.6 is 11.6 Å². The Labute approximate surface area is 147 Å². The number of piperidine rings is 1. The minimum absolute atomic E-state index is 0.163. The fraction of sp³-hybridized carbons (Fsp3) is 0.368. The highest BCUT2D eigenvalue weighted by atomic mass is 35.5.